The van der Waals surface area contributed by atoms with Gasteiger partial charge in [0.05, 0.1) is 0 Å². The Labute approximate surface area is 694 Å². The zero-order chi connectivity index (χ0) is 76.4. The Hall–Kier alpha value is -0.0400. The Bertz CT molecular complexity index is 738. The highest BCUT2D eigenvalue weighted by Crippen LogP contribution is 2.25. The number of hydrogen-bond donors (Lipinski definition) is 0. The fraction of sp³-hybridized carbons (Fsp3) is 1.00. The van der Waals surface area contributed by atoms with Crippen LogP contribution in [0.4, 0.5) is 0 Å². The van der Waals surface area contributed by atoms with Crippen molar-refractivity contribution in [3.05, 3.63) is 0 Å². The zero-order valence-corrected chi connectivity index (χ0v) is 76.9. The lowest BCUT2D eigenvalue weighted by Crippen LogP contribution is -1.85. The minimum Gasteiger partial charge on any atom is -0.412 e. The fourth-order valence-electron chi connectivity index (χ4n) is 19.1. The van der Waals surface area contributed by atoms with Gasteiger partial charge in [0.15, 0.2) is 0 Å². The molecule has 0 heterocycles. The van der Waals surface area contributed by atoms with Gasteiger partial charge in [-0.1, -0.05) is 693 Å². The van der Waals surface area contributed by atoms with Gasteiger partial charge in [0.1, 0.15) is 0 Å². The van der Waals surface area contributed by atoms with Gasteiger partial charge in [0, 0.05) is 0 Å². The molecule has 18 fully saturated rings. The minimum atomic E-state index is 0. The summed E-state index contributed by atoms with van der Waals surface area (Å²) >= 11 is 0. The normalized spacial score (nSPS) is 23.8. The summed E-state index contributed by atoms with van der Waals surface area (Å²) in [5.41, 5.74) is 0. The highest BCUT2D eigenvalue weighted by atomic mass is 16.0. The standard InChI is InChI=1S/18C6H12.H2O/c18*1-2-4-6-5-3-1;/h18*1-6H2;1H2. The van der Waals surface area contributed by atoms with Gasteiger partial charge < -0.3 is 5.48 Å². The summed E-state index contributed by atoms with van der Waals surface area (Å²) < 4.78 is 0. The van der Waals surface area contributed by atoms with Crippen molar-refractivity contribution in [1.29, 1.82) is 0 Å². The first-order valence-electron chi connectivity index (χ1n) is 54.0. The van der Waals surface area contributed by atoms with E-state index in [2.05, 4.69) is 0 Å². The van der Waals surface area contributed by atoms with Crippen molar-refractivity contribution in [3.8, 4) is 0 Å². The van der Waals surface area contributed by atoms with Crippen molar-refractivity contribution < 1.29 is 5.48 Å². The second-order valence-electron chi connectivity index (χ2n) is 38.2. The van der Waals surface area contributed by atoms with Crippen molar-refractivity contribution in [1.82, 2.24) is 0 Å². The summed E-state index contributed by atoms with van der Waals surface area (Å²) in [6.07, 6.45) is 162. The molecule has 18 rings (SSSR count). The second-order valence-corrected chi connectivity index (χ2v) is 38.2. The predicted molar refractivity (Wildman–Crippen MR) is 502 cm³/mol. The second kappa shape index (κ2) is 106. The first-order chi connectivity index (χ1) is 54.0. The van der Waals surface area contributed by atoms with Crippen LogP contribution in [0.25, 0.3) is 0 Å². The van der Waals surface area contributed by atoms with Gasteiger partial charge in [-0.25, -0.2) is 0 Å². The summed E-state index contributed by atoms with van der Waals surface area (Å²) in [4.78, 5) is 0. The van der Waals surface area contributed by atoms with Gasteiger partial charge >= 0.3 is 0 Å². The maximum absolute atomic E-state index is 1.50. The van der Waals surface area contributed by atoms with Crippen LogP contribution in [0.15, 0.2) is 0 Å². The average Bonchev–Trinajstić information content (AvgIpc) is 3.83. The fourth-order valence-corrected chi connectivity index (χ4v) is 19.1. The third kappa shape index (κ3) is 104. The molecule has 0 aromatic heterocycles. The van der Waals surface area contributed by atoms with Crippen molar-refractivity contribution in [2.45, 2.75) is 693 Å². The maximum atomic E-state index is 1.50. The molecule has 0 radical (unpaired) electrons. The van der Waals surface area contributed by atoms with Crippen LogP contribution in [0.5, 0.6) is 0 Å². The highest BCUT2D eigenvalue weighted by molar-refractivity contribution is 4.61. The monoisotopic (exact) mass is 1530 g/mol. The molecule has 0 aromatic rings. The Morgan fingerprint density at radius 2 is 0.0367 bits per heavy atom. The molecule has 656 valence electrons. The third-order valence-corrected chi connectivity index (χ3v) is 27.0. The Kier molecular flexibility index (Phi) is 106. The molecule has 0 saturated heterocycles. The Balaban J connectivity index is 0.00000113. The molecule has 2 N–H and O–H groups in total. The van der Waals surface area contributed by atoms with E-state index in [0.717, 1.165) is 0 Å². The van der Waals surface area contributed by atoms with E-state index in [1.807, 2.05) is 0 Å². The highest BCUT2D eigenvalue weighted by Gasteiger charge is 2.05. The van der Waals surface area contributed by atoms with Gasteiger partial charge in [-0.05, 0) is 0 Å². The molecule has 0 aromatic carbocycles. The topological polar surface area (TPSA) is 31.5 Å². The first-order valence-corrected chi connectivity index (χ1v) is 54.0. The lowest BCUT2D eigenvalue weighted by atomic mass is 10.0. The van der Waals surface area contributed by atoms with Gasteiger partial charge in [-0.2, -0.15) is 0 Å². The average molecular weight is 1530 g/mol. The van der Waals surface area contributed by atoms with Crippen LogP contribution in [0.3, 0.4) is 0 Å². The summed E-state index contributed by atoms with van der Waals surface area (Å²) in [6, 6.07) is 0. The van der Waals surface area contributed by atoms with E-state index in [9.17, 15) is 0 Å². The first kappa shape index (κ1) is 109. The molecule has 0 amide bonds. The van der Waals surface area contributed by atoms with Crippen LogP contribution < -0.4 is 0 Å². The molecule has 18 aliphatic carbocycles. The van der Waals surface area contributed by atoms with Gasteiger partial charge in [0.2, 0.25) is 0 Å². The molecule has 18 saturated carbocycles. The number of hydrogen-bond acceptors (Lipinski definition) is 0. The summed E-state index contributed by atoms with van der Waals surface area (Å²) in [6.45, 7) is 0. The molecule has 1 nitrogen and oxygen atoms in total. The van der Waals surface area contributed by atoms with Crippen LogP contribution >= 0.6 is 0 Å². The lowest BCUT2D eigenvalue weighted by Gasteiger charge is -2.05. The SMILES string of the molecule is C1CCCCC1.C1CCCCC1.C1CCCCC1.C1CCCCC1.C1CCCCC1.C1CCCCC1.C1CCCCC1.C1CCCCC1.C1CCCCC1.C1CCCCC1.C1CCCCC1.C1CCCCC1.C1CCCCC1.C1CCCCC1.C1CCCCC1.C1CCCCC1.C1CCCCC1.C1CCCCC1.O. The van der Waals surface area contributed by atoms with E-state index < -0.39 is 0 Å². The summed E-state index contributed by atoms with van der Waals surface area (Å²) in [5, 5.41) is 0. The molecule has 0 atom stereocenters. The van der Waals surface area contributed by atoms with E-state index in [1.54, 1.807) is 0 Å². The molecule has 1 heteroatoms. The molecule has 0 unspecified atom stereocenters. The van der Waals surface area contributed by atoms with Crippen LogP contribution in [0.1, 0.15) is 693 Å². The lowest BCUT2D eigenvalue weighted by molar-refractivity contribution is 0.504. The van der Waals surface area contributed by atoms with Gasteiger partial charge in [-0.15, -0.1) is 0 Å². The van der Waals surface area contributed by atoms with E-state index in [0.29, 0.717) is 0 Å². The van der Waals surface area contributed by atoms with Crippen molar-refractivity contribution in [3.63, 3.8) is 0 Å². The quantitative estimate of drug-likeness (QED) is 0.232. The maximum Gasteiger partial charge on any atom is -0.0533 e. The molecule has 0 aliphatic heterocycles. The Morgan fingerprint density at radius 1 is 0.0275 bits per heavy atom. The van der Waals surface area contributed by atoms with Crippen LogP contribution in [0.2, 0.25) is 0 Å². The third-order valence-electron chi connectivity index (χ3n) is 27.0. The molecule has 0 spiro atoms. The Morgan fingerprint density at radius 3 is 0.0459 bits per heavy atom. The minimum absolute atomic E-state index is 0. The zero-order valence-electron chi connectivity index (χ0n) is 76.9. The van der Waals surface area contributed by atoms with E-state index in [-0.39, 0.29) is 5.48 Å². The van der Waals surface area contributed by atoms with Crippen molar-refractivity contribution in [2.75, 3.05) is 0 Å². The van der Waals surface area contributed by atoms with Crippen molar-refractivity contribution in [2.24, 2.45) is 0 Å². The van der Waals surface area contributed by atoms with Crippen LogP contribution in [0, 0.1) is 0 Å². The smallest absolute Gasteiger partial charge is 0.0533 e. The van der Waals surface area contributed by atoms with E-state index in [1.165, 1.54) is 693 Å². The molecule has 109 heavy (non-hydrogen) atoms. The summed E-state index contributed by atoms with van der Waals surface area (Å²) in [5.74, 6) is 0. The molecule has 0 bridgehead atoms. The molecular weight excluding hydrogens is 1310 g/mol. The molecule has 18 aliphatic rings. The van der Waals surface area contributed by atoms with E-state index >= 15 is 0 Å². The predicted octanol–water partition coefficient (Wildman–Crippen LogP) is 41.3. The van der Waals surface area contributed by atoms with Crippen LogP contribution in [-0.4, -0.2) is 5.48 Å². The number of rotatable bonds is 0. The van der Waals surface area contributed by atoms with Crippen molar-refractivity contribution >= 4 is 0 Å². The van der Waals surface area contributed by atoms with E-state index in [4.69, 9.17) is 0 Å². The van der Waals surface area contributed by atoms with Crippen LogP contribution in [-0.2, 0) is 0 Å². The molecular formula is C108H218O. The van der Waals surface area contributed by atoms with Gasteiger partial charge in [0.25, 0.3) is 0 Å². The largest absolute Gasteiger partial charge is 0.412 e. The summed E-state index contributed by atoms with van der Waals surface area (Å²) in [7, 11) is 0. The van der Waals surface area contributed by atoms with Gasteiger partial charge in [-0.3, -0.25) is 0 Å².